The third kappa shape index (κ3) is 6.17. The zero-order valence-corrected chi connectivity index (χ0v) is 17.8. The Morgan fingerprint density at radius 2 is 2.00 bits per heavy atom. The molecule has 0 aliphatic rings. The molecule has 148 valence electrons. The number of benzene rings is 1. The molecule has 0 aliphatic heterocycles. The van der Waals surface area contributed by atoms with E-state index in [-0.39, 0.29) is 0 Å². The summed E-state index contributed by atoms with van der Waals surface area (Å²) in [4.78, 5) is 8.40. The van der Waals surface area contributed by atoms with Gasteiger partial charge in [-0.2, -0.15) is 0 Å². The smallest absolute Gasteiger partial charge is 0.193 e. The van der Waals surface area contributed by atoms with Crippen molar-refractivity contribution in [2.75, 3.05) is 40.9 Å². The lowest BCUT2D eigenvalue weighted by Crippen LogP contribution is -2.40. The van der Waals surface area contributed by atoms with Crippen LogP contribution in [0.15, 0.2) is 40.7 Å². The van der Waals surface area contributed by atoms with Crippen LogP contribution in [0, 0.1) is 0 Å². The van der Waals surface area contributed by atoms with Crippen molar-refractivity contribution in [2.24, 2.45) is 4.99 Å². The number of nitrogens with zero attached hydrogens (tertiary/aromatic N) is 2. The van der Waals surface area contributed by atoms with Gasteiger partial charge in [-0.1, -0.05) is 19.1 Å². The van der Waals surface area contributed by atoms with Gasteiger partial charge in [-0.05, 0) is 42.5 Å². The first-order chi connectivity index (χ1) is 13.1. The molecular formula is C21H31N3O2S. The van der Waals surface area contributed by atoms with Crippen LogP contribution < -0.4 is 14.8 Å². The van der Waals surface area contributed by atoms with Crippen molar-refractivity contribution in [3.05, 3.63) is 46.2 Å². The van der Waals surface area contributed by atoms with Gasteiger partial charge in [0.2, 0.25) is 0 Å². The molecule has 1 N–H and O–H groups in total. The van der Waals surface area contributed by atoms with Crippen molar-refractivity contribution in [3.63, 3.8) is 0 Å². The van der Waals surface area contributed by atoms with E-state index < -0.39 is 0 Å². The second-order valence-corrected chi connectivity index (χ2v) is 7.45. The summed E-state index contributed by atoms with van der Waals surface area (Å²) in [7, 11) is 5.40. The van der Waals surface area contributed by atoms with Crippen molar-refractivity contribution in [2.45, 2.75) is 26.2 Å². The van der Waals surface area contributed by atoms with Crippen molar-refractivity contribution in [3.8, 4) is 11.5 Å². The first-order valence-electron chi connectivity index (χ1n) is 9.32. The third-order valence-corrected chi connectivity index (χ3v) is 5.53. The molecule has 1 unspecified atom stereocenters. The predicted octanol–water partition coefficient (Wildman–Crippen LogP) is 4.01. The molecule has 0 aliphatic carbocycles. The van der Waals surface area contributed by atoms with Gasteiger partial charge >= 0.3 is 0 Å². The number of rotatable bonds is 9. The van der Waals surface area contributed by atoms with E-state index in [1.54, 1.807) is 25.6 Å². The highest BCUT2D eigenvalue weighted by Crippen LogP contribution is 2.27. The molecular weight excluding hydrogens is 358 g/mol. The van der Waals surface area contributed by atoms with Crippen LogP contribution in [0.25, 0.3) is 0 Å². The molecule has 2 aromatic rings. The minimum absolute atomic E-state index is 0.429. The summed E-state index contributed by atoms with van der Waals surface area (Å²) in [5.41, 5.74) is 1.21. The summed E-state index contributed by atoms with van der Waals surface area (Å²) >= 11 is 1.79. The maximum Gasteiger partial charge on any atom is 0.193 e. The lowest BCUT2D eigenvalue weighted by Gasteiger charge is -2.23. The fourth-order valence-corrected chi connectivity index (χ4v) is 3.57. The average molecular weight is 390 g/mol. The van der Waals surface area contributed by atoms with Crippen LogP contribution in [0.2, 0.25) is 0 Å². The Hall–Kier alpha value is -2.21. The van der Waals surface area contributed by atoms with Gasteiger partial charge in [0.1, 0.15) is 0 Å². The van der Waals surface area contributed by atoms with Crippen LogP contribution in [0.5, 0.6) is 11.5 Å². The Labute approximate surface area is 167 Å². The summed E-state index contributed by atoms with van der Waals surface area (Å²) < 4.78 is 10.7. The Morgan fingerprint density at radius 1 is 1.22 bits per heavy atom. The van der Waals surface area contributed by atoms with Crippen LogP contribution in [-0.4, -0.2) is 51.8 Å². The molecule has 0 radical (unpaired) electrons. The highest BCUT2D eigenvalue weighted by molar-refractivity contribution is 7.10. The standard InChI is InChI=1S/C21H31N3O2S/c1-6-22-21(23-15-16(2)20-8-7-13-27-20)24(3)12-11-17-9-10-18(25-4)19(14-17)26-5/h7-10,13-14,16H,6,11-12,15H2,1-5H3,(H,22,23). The minimum atomic E-state index is 0.429. The van der Waals surface area contributed by atoms with Gasteiger partial charge in [-0.25, -0.2) is 0 Å². The summed E-state index contributed by atoms with van der Waals surface area (Å²) in [6.07, 6.45) is 0.905. The molecule has 6 heteroatoms. The predicted molar refractivity (Wildman–Crippen MR) is 115 cm³/mol. The van der Waals surface area contributed by atoms with E-state index in [2.05, 4.69) is 54.7 Å². The minimum Gasteiger partial charge on any atom is -0.493 e. The molecule has 0 bridgehead atoms. The van der Waals surface area contributed by atoms with E-state index in [4.69, 9.17) is 14.5 Å². The largest absolute Gasteiger partial charge is 0.493 e. The number of hydrogen-bond acceptors (Lipinski definition) is 4. The monoisotopic (exact) mass is 389 g/mol. The second-order valence-electron chi connectivity index (χ2n) is 6.47. The van der Waals surface area contributed by atoms with Gasteiger partial charge in [0, 0.05) is 30.9 Å². The molecule has 1 heterocycles. The zero-order valence-electron chi connectivity index (χ0n) is 17.0. The van der Waals surface area contributed by atoms with Crippen LogP contribution in [0.1, 0.15) is 30.2 Å². The van der Waals surface area contributed by atoms with Gasteiger partial charge in [0.15, 0.2) is 17.5 Å². The van der Waals surface area contributed by atoms with E-state index in [9.17, 15) is 0 Å². The Morgan fingerprint density at radius 3 is 2.63 bits per heavy atom. The normalized spacial score (nSPS) is 12.6. The average Bonchev–Trinajstić information content (AvgIpc) is 3.23. The highest BCUT2D eigenvalue weighted by atomic mass is 32.1. The molecule has 0 spiro atoms. The van der Waals surface area contributed by atoms with Gasteiger partial charge in [0.25, 0.3) is 0 Å². The summed E-state index contributed by atoms with van der Waals surface area (Å²) in [6, 6.07) is 10.4. The summed E-state index contributed by atoms with van der Waals surface area (Å²) in [5.74, 6) is 2.90. The lowest BCUT2D eigenvalue weighted by molar-refractivity contribution is 0.354. The fourth-order valence-electron chi connectivity index (χ4n) is 2.79. The second kappa shape index (κ2) is 10.8. The summed E-state index contributed by atoms with van der Waals surface area (Å²) in [5, 5.41) is 5.52. The van der Waals surface area contributed by atoms with E-state index in [0.717, 1.165) is 43.5 Å². The van der Waals surface area contributed by atoms with E-state index >= 15 is 0 Å². The van der Waals surface area contributed by atoms with Gasteiger partial charge in [-0.15, -0.1) is 11.3 Å². The van der Waals surface area contributed by atoms with Crippen molar-refractivity contribution in [1.82, 2.24) is 10.2 Å². The molecule has 1 atom stereocenters. The fraction of sp³-hybridized carbons (Fsp3) is 0.476. The van der Waals surface area contributed by atoms with Crippen LogP contribution in [0.4, 0.5) is 0 Å². The van der Waals surface area contributed by atoms with E-state index in [1.165, 1.54) is 10.4 Å². The molecule has 2 rings (SSSR count). The number of methoxy groups -OCH3 is 2. The molecule has 0 amide bonds. The number of guanidine groups is 1. The molecule has 1 aromatic carbocycles. The molecule has 0 fully saturated rings. The molecule has 0 saturated carbocycles. The lowest BCUT2D eigenvalue weighted by atomic mass is 10.1. The van der Waals surface area contributed by atoms with E-state index in [1.807, 2.05) is 12.1 Å². The number of ether oxygens (including phenoxy) is 2. The SMILES string of the molecule is CCNC(=NCC(C)c1cccs1)N(C)CCc1ccc(OC)c(OC)c1. The van der Waals surface area contributed by atoms with Crippen molar-refractivity contribution in [1.29, 1.82) is 0 Å². The Balaban J connectivity index is 1.97. The van der Waals surface area contributed by atoms with Crippen LogP contribution in [-0.2, 0) is 6.42 Å². The quantitative estimate of drug-likeness (QED) is 0.520. The van der Waals surface area contributed by atoms with Crippen LogP contribution in [0.3, 0.4) is 0 Å². The number of thiophene rings is 1. The highest BCUT2D eigenvalue weighted by Gasteiger charge is 2.10. The number of aliphatic imine (C=N–C) groups is 1. The maximum atomic E-state index is 5.40. The third-order valence-electron chi connectivity index (χ3n) is 4.42. The van der Waals surface area contributed by atoms with Crippen LogP contribution >= 0.6 is 11.3 Å². The number of hydrogen-bond donors (Lipinski definition) is 1. The van der Waals surface area contributed by atoms with E-state index in [0.29, 0.717) is 5.92 Å². The summed E-state index contributed by atoms with van der Waals surface area (Å²) in [6.45, 7) is 6.83. The topological polar surface area (TPSA) is 46.1 Å². The van der Waals surface area contributed by atoms with Crippen molar-refractivity contribution < 1.29 is 9.47 Å². The molecule has 5 nitrogen and oxygen atoms in total. The maximum absolute atomic E-state index is 5.40. The van der Waals surface area contributed by atoms with Gasteiger partial charge in [0.05, 0.1) is 20.8 Å². The number of nitrogens with one attached hydrogen (secondary N) is 1. The van der Waals surface area contributed by atoms with Crippen molar-refractivity contribution >= 4 is 17.3 Å². The first-order valence-corrected chi connectivity index (χ1v) is 10.2. The number of likely N-dealkylation sites (N-methyl/N-ethyl adjacent to an activating group) is 1. The van der Waals surface area contributed by atoms with Gasteiger partial charge < -0.3 is 19.7 Å². The Kier molecular flexibility index (Phi) is 8.45. The molecule has 27 heavy (non-hydrogen) atoms. The first kappa shape index (κ1) is 21.1. The molecule has 0 saturated heterocycles. The zero-order chi connectivity index (χ0) is 19.6. The Bertz CT molecular complexity index is 716. The molecule has 1 aromatic heterocycles. The van der Waals surface area contributed by atoms with Gasteiger partial charge in [-0.3, -0.25) is 4.99 Å².